The van der Waals surface area contributed by atoms with Crippen molar-refractivity contribution in [1.29, 1.82) is 0 Å². The summed E-state index contributed by atoms with van der Waals surface area (Å²) in [6.07, 6.45) is 0.817. The van der Waals surface area contributed by atoms with E-state index in [0.717, 1.165) is 16.8 Å². The molecule has 0 saturated carbocycles. The van der Waals surface area contributed by atoms with E-state index in [1.165, 1.54) is 0 Å². The Kier molecular flexibility index (Phi) is 5.20. The molecule has 156 valence electrons. The first-order chi connectivity index (χ1) is 14.5. The molecule has 2 heterocycles. The number of carbonyl (C=O) groups is 3. The summed E-state index contributed by atoms with van der Waals surface area (Å²) in [5.41, 5.74) is 1.63. The number of fused-ring (bicyclic) bond motifs is 2. The Hall–Kier alpha value is -3.35. The summed E-state index contributed by atoms with van der Waals surface area (Å²) in [5.74, 6) is 0.162. The fraction of sp³-hybridized carbons (Fsp3) is 0.348. The number of ether oxygens (including phenoxy) is 1. The molecule has 1 saturated heterocycles. The summed E-state index contributed by atoms with van der Waals surface area (Å²) in [7, 11) is 1.59. The molecule has 0 bridgehead atoms. The number of amides is 3. The summed E-state index contributed by atoms with van der Waals surface area (Å²) in [5, 5.41) is 5.66. The van der Waals surface area contributed by atoms with E-state index in [1.807, 2.05) is 48.5 Å². The summed E-state index contributed by atoms with van der Waals surface area (Å²) in [4.78, 5) is 39.8. The number of likely N-dealkylation sites (tertiary alicyclic amines) is 1. The lowest BCUT2D eigenvalue weighted by molar-refractivity contribution is -0.134. The number of rotatable bonds is 5. The minimum absolute atomic E-state index is 0.0908. The molecule has 2 atom stereocenters. The van der Waals surface area contributed by atoms with E-state index in [2.05, 4.69) is 10.6 Å². The van der Waals surface area contributed by atoms with Crippen molar-refractivity contribution < 1.29 is 19.1 Å². The monoisotopic (exact) mass is 407 g/mol. The molecule has 2 aromatic rings. The molecule has 7 nitrogen and oxygen atoms in total. The first-order valence-electron chi connectivity index (χ1n) is 10.1. The molecule has 4 rings (SSSR count). The predicted octanol–water partition coefficient (Wildman–Crippen LogP) is 2.38. The van der Waals surface area contributed by atoms with Crippen LogP contribution >= 0.6 is 0 Å². The van der Waals surface area contributed by atoms with Gasteiger partial charge in [0.25, 0.3) is 0 Å². The van der Waals surface area contributed by atoms with Crippen LogP contribution in [0.3, 0.4) is 0 Å². The summed E-state index contributed by atoms with van der Waals surface area (Å²) in [6.45, 7) is 2.07. The Balaban J connectivity index is 1.79. The molecule has 0 radical (unpaired) electrons. The van der Waals surface area contributed by atoms with Crippen molar-refractivity contribution in [3.63, 3.8) is 0 Å². The van der Waals surface area contributed by atoms with Crippen LogP contribution in [-0.4, -0.2) is 42.8 Å². The largest absolute Gasteiger partial charge is 0.497 e. The number of methoxy groups -OCH3 is 1. The second-order valence-electron chi connectivity index (χ2n) is 7.62. The lowest BCUT2D eigenvalue weighted by atomic mass is 9.72. The van der Waals surface area contributed by atoms with Crippen LogP contribution in [-0.2, 0) is 19.8 Å². The van der Waals surface area contributed by atoms with Crippen molar-refractivity contribution in [2.75, 3.05) is 25.5 Å². The number of benzene rings is 2. The third-order valence-corrected chi connectivity index (χ3v) is 6.07. The topological polar surface area (TPSA) is 87.7 Å². The Morgan fingerprint density at radius 1 is 1.23 bits per heavy atom. The zero-order valence-corrected chi connectivity index (χ0v) is 17.1. The quantitative estimate of drug-likeness (QED) is 0.797. The second-order valence-corrected chi connectivity index (χ2v) is 7.62. The van der Waals surface area contributed by atoms with E-state index in [4.69, 9.17) is 4.74 Å². The van der Waals surface area contributed by atoms with Crippen LogP contribution in [0.1, 0.15) is 36.9 Å². The fourth-order valence-corrected chi connectivity index (χ4v) is 4.63. The molecule has 2 aliphatic heterocycles. The van der Waals surface area contributed by atoms with Gasteiger partial charge in [-0.05, 0) is 35.7 Å². The molecule has 2 N–H and O–H groups in total. The normalized spacial score (nSPS) is 22.0. The molecule has 7 heteroatoms. The highest BCUT2D eigenvalue weighted by Gasteiger charge is 2.59. The smallest absolute Gasteiger partial charge is 0.242 e. The van der Waals surface area contributed by atoms with Crippen LogP contribution in [0.4, 0.5) is 5.69 Å². The van der Waals surface area contributed by atoms with E-state index >= 15 is 0 Å². The number of anilines is 1. The summed E-state index contributed by atoms with van der Waals surface area (Å²) < 4.78 is 5.39. The molecule has 2 aliphatic rings. The minimum Gasteiger partial charge on any atom is -0.497 e. The van der Waals surface area contributed by atoms with Crippen molar-refractivity contribution in [1.82, 2.24) is 10.2 Å². The van der Waals surface area contributed by atoms with Crippen LogP contribution in [0.2, 0.25) is 0 Å². The molecular formula is C23H25N3O4. The molecule has 0 unspecified atom stereocenters. The van der Waals surface area contributed by atoms with Gasteiger partial charge in [0.2, 0.25) is 17.7 Å². The Bertz CT molecular complexity index is 1010. The number of nitrogens with zero attached hydrogens (tertiary/aromatic N) is 1. The predicted molar refractivity (Wildman–Crippen MR) is 112 cm³/mol. The number of hydrogen-bond acceptors (Lipinski definition) is 4. The van der Waals surface area contributed by atoms with Gasteiger partial charge in [-0.3, -0.25) is 14.4 Å². The molecule has 1 spiro atoms. The zero-order chi connectivity index (χ0) is 21.3. The zero-order valence-electron chi connectivity index (χ0n) is 17.1. The fourth-order valence-electron chi connectivity index (χ4n) is 4.63. The maximum atomic E-state index is 13.3. The van der Waals surface area contributed by atoms with Crippen LogP contribution in [0.5, 0.6) is 5.75 Å². The van der Waals surface area contributed by atoms with Crippen molar-refractivity contribution in [3.8, 4) is 5.75 Å². The van der Waals surface area contributed by atoms with Crippen LogP contribution in [0.25, 0.3) is 0 Å². The maximum absolute atomic E-state index is 13.3. The van der Waals surface area contributed by atoms with Crippen molar-refractivity contribution in [2.45, 2.75) is 31.2 Å². The first-order valence-corrected chi connectivity index (χ1v) is 10.1. The van der Waals surface area contributed by atoms with Gasteiger partial charge in [0.1, 0.15) is 11.2 Å². The molecule has 0 aliphatic carbocycles. The van der Waals surface area contributed by atoms with E-state index in [0.29, 0.717) is 25.1 Å². The first kappa shape index (κ1) is 19.9. The van der Waals surface area contributed by atoms with Crippen LogP contribution in [0, 0.1) is 0 Å². The lowest BCUT2D eigenvalue weighted by Crippen LogP contribution is -2.45. The number of hydrogen-bond donors (Lipinski definition) is 2. The standard InChI is InChI=1S/C23H25N3O4/c1-3-19(27)24-14-20(28)26-12-11-23(17-9-4-5-10-18(17)25-22(23)29)21(26)15-7-6-8-16(13-15)30-2/h4-10,13,21H,3,11-12,14H2,1-2H3,(H,24,27)(H,25,29)/t21-,23+/m0/s1. The minimum atomic E-state index is -0.882. The maximum Gasteiger partial charge on any atom is 0.242 e. The Morgan fingerprint density at radius 2 is 2.03 bits per heavy atom. The average molecular weight is 407 g/mol. The molecule has 0 aromatic heterocycles. The average Bonchev–Trinajstić information content (AvgIpc) is 3.31. The lowest BCUT2D eigenvalue weighted by Gasteiger charge is -2.34. The number of para-hydroxylation sites is 1. The van der Waals surface area contributed by atoms with Gasteiger partial charge in [-0.25, -0.2) is 0 Å². The van der Waals surface area contributed by atoms with Crippen LogP contribution in [0.15, 0.2) is 48.5 Å². The van der Waals surface area contributed by atoms with Crippen LogP contribution < -0.4 is 15.4 Å². The third kappa shape index (κ3) is 3.10. The van der Waals surface area contributed by atoms with Gasteiger partial charge in [-0.1, -0.05) is 37.3 Å². The van der Waals surface area contributed by atoms with Gasteiger partial charge in [0.05, 0.1) is 19.7 Å². The van der Waals surface area contributed by atoms with E-state index in [1.54, 1.807) is 18.9 Å². The highest BCUT2D eigenvalue weighted by atomic mass is 16.5. The van der Waals surface area contributed by atoms with Gasteiger partial charge in [-0.15, -0.1) is 0 Å². The van der Waals surface area contributed by atoms with Gasteiger partial charge >= 0.3 is 0 Å². The third-order valence-electron chi connectivity index (χ3n) is 6.07. The SMILES string of the molecule is CCC(=O)NCC(=O)N1CC[C@]2(C(=O)Nc3ccccc32)[C@@H]1c1cccc(OC)c1. The Morgan fingerprint density at radius 3 is 2.80 bits per heavy atom. The molecule has 1 fully saturated rings. The van der Waals surface area contributed by atoms with Gasteiger partial charge < -0.3 is 20.3 Å². The molecule has 30 heavy (non-hydrogen) atoms. The molecule has 2 aromatic carbocycles. The van der Waals surface area contributed by atoms with Crippen molar-refractivity contribution in [2.24, 2.45) is 0 Å². The summed E-state index contributed by atoms with van der Waals surface area (Å²) in [6, 6.07) is 14.6. The van der Waals surface area contributed by atoms with Gasteiger partial charge in [0, 0.05) is 18.7 Å². The van der Waals surface area contributed by atoms with Crippen molar-refractivity contribution >= 4 is 23.4 Å². The second kappa shape index (κ2) is 7.82. The number of nitrogens with one attached hydrogen (secondary N) is 2. The van der Waals surface area contributed by atoms with Gasteiger partial charge in [0.15, 0.2) is 0 Å². The summed E-state index contributed by atoms with van der Waals surface area (Å²) >= 11 is 0. The van der Waals surface area contributed by atoms with E-state index in [9.17, 15) is 14.4 Å². The van der Waals surface area contributed by atoms with E-state index in [-0.39, 0.29) is 24.3 Å². The highest BCUT2D eigenvalue weighted by molar-refractivity contribution is 6.07. The highest BCUT2D eigenvalue weighted by Crippen LogP contribution is 2.54. The van der Waals surface area contributed by atoms with Crippen molar-refractivity contribution in [3.05, 3.63) is 59.7 Å². The molecule has 3 amide bonds. The van der Waals surface area contributed by atoms with Gasteiger partial charge in [-0.2, -0.15) is 0 Å². The molecular weight excluding hydrogens is 382 g/mol. The number of carbonyl (C=O) groups excluding carboxylic acids is 3. The Labute approximate surface area is 175 Å². The van der Waals surface area contributed by atoms with E-state index < -0.39 is 11.5 Å².